The highest BCUT2D eigenvalue weighted by Crippen LogP contribution is 2.13. The predicted molar refractivity (Wildman–Crippen MR) is 154 cm³/mol. The number of benzene rings is 1. The molecule has 0 aliphatic carbocycles. The summed E-state index contributed by atoms with van der Waals surface area (Å²) in [7, 11) is 0. The van der Waals surface area contributed by atoms with Crippen molar-refractivity contribution in [3.05, 3.63) is 29.8 Å². The summed E-state index contributed by atoms with van der Waals surface area (Å²) in [6, 6.07) is 1.22. The fourth-order valence-corrected chi connectivity index (χ4v) is 3.86. The monoisotopic (exact) mass is 593 g/mol. The van der Waals surface area contributed by atoms with Gasteiger partial charge in [-0.25, -0.2) is 4.79 Å². The normalized spacial score (nSPS) is 13.6. The molecule has 0 aliphatic rings. The van der Waals surface area contributed by atoms with Gasteiger partial charge in [0.05, 0.1) is 6.04 Å². The van der Waals surface area contributed by atoms with Crippen LogP contribution in [0.5, 0.6) is 5.75 Å². The first-order chi connectivity index (χ1) is 19.8. The number of aromatic hydroxyl groups is 1. The third-order valence-corrected chi connectivity index (χ3v) is 6.19. The average Bonchev–Trinajstić information content (AvgIpc) is 2.92. The van der Waals surface area contributed by atoms with Gasteiger partial charge in [0, 0.05) is 19.4 Å². The molecule has 0 radical (unpaired) electrons. The van der Waals surface area contributed by atoms with Crippen molar-refractivity contribution in [1.82, 2.24) is 16.0 Å². The standard InChI is InChI=1S/C26H43N9O7/c27-12-2-1-5-18(23(39)34-19(25(41)42)10-11-21(29)37)33-24(40)20(14-15-6-8-16(36)9-7-15)35-22(38)17(28)4-3-13-32-26(30)31/h6-9,17-20,36H,1-5,10-14,27-28H2,(H2,29,37)(H,33,40)(H,34,39)(H,35,38)(H,41,42)(H4,30,31,32). The molecule has 4 unspecified atom stereocenters. The number of carbonyl (C=O) groups excluding carboxylic acids is 4. The Morgan fingerprint density at radius 3 is 1.95 bits per heavy atom. The van der Waals surface area contributed by atoms with E-state index in [1.165, 1.54) is 12.1 Å². The number of phenols is 1. The van der Waals surface area contributed by atoms with E-state index in [9.17, 15) is 34.2 Å². The number of nitrogens with one attached hydrogen (secondary N) is 3. The molecular formula is C26H43N9O7. The number of carbonyl (C=O) groups is 5. The summed E-state index contributed by atoms with van der Waals surface area (Å²) in [5.41, 5.74) is 27.9. The van der Waals surface area contributed by atoms with Crippen LogP contribution >= 0.6 is 0 Å². The summed E-state index contributed by atoms with van der Waals surface area (Å²) >= 11 is 0. The highest BCUT2D eigenvalue weighted by molar-refractivity contribution is 5.94. The van der Waals surface area contributed by atoms with Crippen molar-refractivity contribution in [2.75, 3.05) is 13.1 Å². The maximum atomic E-state index is 13.4. The molecule has 0 fully saturated rings. The number of carboxylic acid groups (broad SMARTS) is 1. The zero-order valence-electron chi connectivity index (χ0n) is 23.5. The highest BCUT2D eigenvalue weighted by Gasteiger charge is 2.30. The lowest BCUT2D eigenvalue weighted by Crippen LogP contribution is -2.57. The predicted octanol–water partition coefficient (Wildman–Crippen LogP) is -2.75. The number of rotatable bonds is 20. The molecule has 42 heavy (non-hydrogen) atoms. The molecule has 4 amide bonds. The summed E-state index contributed by atoms with van der Waals surface area (Å²) < 4.78 is 0. The molecule has 4 atom stereocenters. The van der Waals surface area contributed by atoms with Gasteiger partial charge < -0.3 is 54.8 Å². The molecule has 0 aromatic heterocycles. The van der Waals surface area contributed by atoms with Gasteiger partial charge in [0.25, 0.3) is 0 Å². The number of amides is 4. The van der Waals surface area contributed by atoms with E-state index in [2.05, 4.69) is 20.9 Å². The van der Waals surface area contributed by atoms with Gasteiger partial charge in [-0.2, -0.15) is 0 Å². The lowest BCUT2D eigenvalue weighted by molar-refractivity contribution is -0.142. The topological polar surface area (TPSA) is 304 Å². The molecule has 0 heterocycles. The average molecular weight is 594 g/mol. The van der Waals surface area contributed by atoms with Gasteiger partial charge in [0.1, 0.15) is 23.9 Å². The van der Waals surface area contributed by atoms with Crippen molar-refractivity contribution in [1.29, 1.82) is 0 Å². The second kappa shape index (κ2) is 18.8. The van der Waals surface area contributed by atoms with Crippen molar-refractivity contribution in [3.63, 3.8) is 0 Å². The molecule has 1 aromatic rings. The molecule has 234 valence electrons. The number of unbranched alkanes of at least 4 members (excludes halogenated alkanes) is 1. The minimum atomic E-state index is -1.41. The van der Waals surface area contributed by atoms with E-state index in [0.29, 0.717) is 31.4 Å². The molecule has 16 nitrogen and oxygen atoms in total. The van der Waals surface area contributed by atoms with Gasteiger partial charge >= 0.3 is 5.97 Å². The summed E-state index contributed by atoms with van der Waals surface area (Å²) in [6.07, 6.45) is 1.21. The van der Waals surface area contributed by atoms with E-state index < -0.39 is 53.8 Å². The second-order valence-corrected chi connectivity index (χ2v) is 9.74. The Hall–Kier alpha value is -4.44. The van der Waals surface area contributed by atoms with Crippen molar-refractivity contribution >= 4 is 35.6 Å². The summed E-state index contributed by atoms with van der Waals surface area (Å²) in [4.78, 5) is 66.0. The molecule has 1 rings (SSSR count). The Kier molecular flexibility index (Phi) is 15.9. The van der Waals surface area contributed by atoms with Crippen LogP contribution in [0, 0.1) is 0 Å². The van der Waals surface area contributed by atoms with E-state index >= 15 is 0 Å². The van der Waals surface area contributed by atoms with E-state index in [1.807, 2.05) is 0 Å². The molecule has 16 heteroatoms. The van der Waals surface area contributed by atoms with Crippen molar-refractivity contribution in [3.8, 4) is 5.75 Å². The Morgan fingerprint density at radius 1 is 0.786 bits per heavy atom. The number of hydrogen-bond donors (Lipinski definition) is 10. The first kappa shape index (κ1) is 35.6. The number of nitrogens with two attached hydrogens (primary N) is 5. The number of primary amides is 1. The van der Waals surface area contributed by atoms with Crippen LogP contribution < -0.4 is 44.6 Å². The number of hydrogen-bond acceptors (Lipinski definition) is 9. The van der Waals surface area contributed by atoms with Gasteiger partial charge in [-0.05, 0) is 62.8 Å². The van der Waals surface area contributed by atoms with Crippen LogP contribution in [0.2, 0.25) is 0 Å². The number of phenolic OH excluding ortho intramolecular Hbond substituents is 1. The molecule has 15 N–H and O–H groups in total. The van der Waals surface area contributed by atoms with Crippen molar-refractivity contribution < 1.29 is 34.2 Å². The van der Waals surface area contributed by atoms with E-state index in [4.69, 9.17) is 28.7 Å². The van der Waals surface area contributed by atoms with Crippen LogP contribution in [0.3, 0.4) is 0 Å². The Bertz CT molecular complexity index is 1080. The zero-order chi connectivity index (χ0) is 31.7. The van der Waals surface area contributed by atoms with E-state index in [-0.39, 0.29) is 50.4 Å². The number of aliphatic carboxylic acids is 1. The molecule has 0 aliphatic heterocycles. The van der Waals surface area contributed by atoms with Crippen molar-refractivity contribution in [2.45, 2.75) is 75.5 Å². The van der Waals surface area contributed by atoms with Gasteiger partial charge in [-0.1, -0.05) is 12.1 Å². The van der Waals surface area contributed by atoms with E-state index in [1.54, 1.807) is 12.1 Å². The van der Waals surface area contributed by atoms with Crippen LogP contribution in [0.4, 0.5) is 0 Å². The third kappa shape index (κ3) is 14.3. The quantitative estimate of drug-likeness (QED) is 0.0419. The summed E-state index contributed by atoms with van der Waals surface area (Å²) in [5, 5.41) is 26.6. The van der Waals surface area contributed by atoms with Crippen LogP contribution in [-0.4, -0.2) is 83.0 Å². The number of aliphatic imine (C=N–C) groups is 1. The largest absolute Gasteiger partial charge is 0.508 e. The lowest BCUT2D eigenvalue weighted by Gasteiger charge is -2.25. The first-order valence-electron chi connectivity index (χ1n) is 13.5. The first-order valence-corrected chi connectivity index (χ1v) is 13.5. The van der Waals surface area contributed by atoms with Gasteiger partial charge in [0.2, 0.25) is 23.6 Å². The van der Waals surface area contributed by atoms with Gasteiger partial charge in [0.15, 0.2) is 5.96 Å². The second-order valence-electron chi connectivity index (χ2n) is 9.74. The molecule has 0 spiro atoms. The van der Waals surface area contributed by atoms with Crippen LogP contribution in [0.1, 0.15) is 50.5 Å². The van der Waals surface area contributed by atoms with Crippen LogP contribution in [0.25, 0.3) is 0 Å². The Labute approximate surface area is 243 Å². The smallest absolute Gasteiger partial charge is 0.326 e. The highest BCUT2D eigenvalue weighted by atomic mass is 16.4. The fourth-order valence-electron chi connectivity index (χ4n) is 3.86. The molecule has 0 saturated carbocycles. The number of carboxylic acids is 1. The van der Waals surface area contributed by atoms with Crippen LogP contribution in [0.15, 0.2) is 29.3 Å². The molecule has 1 aromatic carbocycles. The van der Waals surface area contributed by atoms with Crippen molar-refractivity contribution in [2.24, 2.45) is 33.7 Å². The molecule has 0 saturated heterocycles. The SMILES string of the molecule is NCCCCC(NC(=O)C(Cc1ccc(O)cc1)NC(=O)C(N)CCCN=C(N)N)C(=O)NC(CCC(N)=O)C(=O)O. The lowest BCUT2D eigenvalue weighted by atomic mass is 10.0. The maximum Gasteiger partial charge on any atom is 0.326 e. The Morgan fingerprint density at radius 2 is 1.38 bits per heavy atom. The zero-order valence-corrected chi connectivity index (χ0v) is 23.5. The van der Waals surface area contributed by atoms with Crippen LogP contribution in [-0.2, 0) is 30.4 Å². The summed E-state index contributed by atoms with van der Waals surface area (Å²) in [5.74, 6) is -4.32. The number of nitrogens with zero attached hydrogens (tertiary/aromatic N) is 1. The summed E-state index contributed by atoms with van der Waals surface area (Å²) in [6.45, 7) is 0.594. The third-order valence-electron chi connectivity index (χ3n) is 6.19. The minimum absolute atomic E-state index is 0.00698. The number of guanidine groups is 1. The van der Waals surface area contributed by atoms with Gasteiger partial charge in [-0.3, -0.25) is 24.2 Å². The molecule has 0 bridgehead atoms. The van der Waals surface area contributed by atoms with Gasteiger partial charge in [-0.15, -0.1) is 0 Å². The molecular weight excluding hydrogens is 550 g/mol. The van der Waals surface area contributed by atoms with E-state index in [0.717, 1.165) is 0 Å². The maximum absolute atomic E-state index is 13.4. The fraction of sp³-hybridized carbons (Fsp3) is 0.538. The Balaban J connectivity index is 3.11. The minimum Gasteiger partial charge on any atom is -0.508 e.